The first-order valence-corrected chi connectivity index (χ1v) is 21.5. The lowest BCUT2D eigenvalue weighted by molar-refractivity contribution is -0.123. The molecule has 0 bridgehead atoms. The van der Waals surface area contributed by atoms with Crippen molar-refractivity contribution in [2.24, 2.45) is 0 Å². The van der Waals surface area contributed by atoms with Crippen LogP contribution in [0.1, 0.15) is 240 Å². The van der Waals surface area contributed by atoms with Crippen molar-refractivity contribution in [1.29, 1.82) is 0 Å². The molecule has 0 radical (unpaired) electrons. The van der Waals surface area contributed by atoms with E-state index in [1.54, 1.807) is 6.92 Å². The molecule has 0 aromatic heterocycles. The number of rotatable bonds is 40. The first-order chi connectivity index (χ1) is 23.1. The molecule has 0 rings (SSSR count). The Labute approximate surface area is 296 Å². The number of hydrogen-bond donors (Lipinski definition) is 1. The molecule has 0 unspecified atom stereocenters. The van der Waals surface area contributed by atoms with Crippen molar-refractivity contribution in [1.82, 2.24) is 5.32 Å². The Bertz CT molecular complexity index is 570. The van der Waals surface area contributed by atoms with Crippen molar-refractivity contribution >= 4 is 5.91 Å². The van der Waals surface area contributed by atoms with Crippen molar-refractivity contribution in [3.63, 3.8) is 0 Å². The zero-order chi connectivity index (χ0) is 34.4. The van der Waals surface area contributed by atoms with Crippen LogP contribution in [0.15, 0.2) is 0 Å². The van der Waals surface area contributed by atoms with Crippen LogP contribution in [0, 0.1) is 0 Å². The fourth-order valence-electron chi connectivity index (χ4n) is 6.82. The van der Waals surface area contributed by atoms with Gasteiger partial charge in [-0.15, -0.1) is 0 Å². The second-order valence-electron chi connectivity index (χ2n) is 15.0. The molecule has 1 N–H and O–H groups in total. The van der Waals surface area contributed by atoms with E-state index in [4.69, 9.17) is 9.47 Å². The number of nitrogens with one attached hydrogen (secondary N) is 1. The predicted octanol–water partition coefficient (Wildman–Crippen LogP) is 13.8. The van der Waals surface area contributed by atoms with Crippen molar-refractivity contribution < 1.29 is 14.3 Å². The molecule has 0 aromatic rings. The Balaban J connectivity index is 3.68. The molecule has 4 heteroatoms. The smallest absolute Gasteiger partial charge is 0.217 e. The highest BCUT2D eigenvalue weighted by molar-refractivity contribution is 5.73. The third-order valence-corrected chi connectivity index (χ3v) is 10.2. The maximum atomic E-state index is 12.0. The Morgan fingerprint density at radius 2 is 0.638 bits per heavy atom. The Hall–Kier alpha value is -0.610. The van der Waals surface area contributed by atoms with Crippen LogP contribution in [0.2, 0.25) is 0 Å². The number of ether oxygens (including phenoxy) is 2. The molecule has 282 valence electrons. The number of carbonyl (C=O) groups excluding carboxylic acids is 1. The van der Waals surface area contributed by atoms with Crippen LogP contribution in [-0.4, -0.2) is 37.9 Å². The van der Waals surface area contributed by atoms with E-state index in [9.17, 15) is 4.79 Å². The largest absolute Gasteiger partial charge is 0.379 e. The molecule has 47 heavy (non-hydrogen) atoms. The van der Waals surface area contributed by atoms with Gasteiger partial charge in [-0.25, -0.2) is 0 Å². The minimum atomic E-state index is -0.407. The lowest BCUT2D eigenvalue weighted by Crippen LogP contribution is -2.54. The number of carbonyl (C=O) groups is 1. The molecule has 0 aromatic carbocycles. The van der Waals surface area contributed by atoms with Gasteiger partial charge in [0.15, 0.2) is 0 Å². The first-order valence-electron chi connectivity index (χ1n) is 21.5. The molecule has 4 nitrogen and oxygen atoms in total. The molecule has 0 fully saturated rings. The molecular formula is C43H87NO3. The minimum Gasteiger partial charge on any atom is -0.379 e. The van der Waals surface area contributed by atoms with E-state index in [2.05, 4.69) is 26.1 Å². The van der Waals surface area contributed by atoms with Crippen LogP contribution in [0.3, 0.4) is 0 Å². The second-order valence-corrected chi connectivity index (χ2v) is 15.0. The number of unbranched alkanes of at least 4 members (excludes halogenated alkanes) is 30. The van der Waals surface area contributed by atoms with Gasteiger partial charge in [0.25, 0.3) is 0 Å². The number of amides is 1. The van der Waals surface area contributed by atoms with Crippen molar-refractivity contribution in [3.8, 4) is 0 Å². The average Bonchev–Trinajstić information content (AvgIpc) is 3.06. The lowest BCUT2D eigenvalue weighted by Gasteiger charge is -2.33. The first kappa shape index (κ1) is 46.4. The summed E-state index contributed by atoms with van der Waals surface area (Å²) >= 11 is 0. The molecule has 0 saturated heterocycles. The van der Waals surface area contributed by atoms with Crippen molar-refractivity contribution in [2.75, 3.05) is 26.4 Å². The summed E-state index contributed by atoms with van der Waals surface area (Å²) < 4.78 is 12.2. The van der Waals surface area contributed by atoms with E-state index in [0.29, 0.717) is 13.2 Å². The van der Waals surface area contributed by atoms with Gasteiger partial charge in [-0.1, -0.05) is 213 Å². The molecule has 0 aliphatic heterocycles. The zero-order valence-electron chi connectivity index (χ0n) is 32.9. The Morgan fingerprint density at radius 3 is 0.851 bits per heavy atom. The van der Waals surface area contributed by atoms with Crippen LogP contribution >= 0.6 is 0 Å². The number of hydrogen-bond acceptors (Lipinski definition) is 3. The summed E-state index contributed by atoms with van der Waals surface area (Å²) in [7, 11) is 0. The van der Waals surface area contributed by atoms with Gasteiger partial charge >= 0.3 is 0 Å². The van der Waals surface area contributed by atoms with E-state index in [1.807, 2.05) is 0 Å². The van der Waals surface area contributed by atoms with Crippen LogP contribution in [0.25, 0.3) is 0 Å². The molecule has 1 amide bonds. The van der Waals surface area contributed by atoms with E-state index in [1.165, 1.54) is 193 Å². The summed E-state index contributed by atoms with van der Waals surface area (Å²) in [6.45, 7) is 11.0. The maximum Gasteiger partial charge on any atom is 0.217 e. The third kappa shape index (κ3) is 35.0. The summed E-state index contributed by atoms with van der Waals surface area (Å²) in [5.41, 5.74) is -0.407. The summed E-state index contributed by atoms with van der Waals surface area (Å²) in [6.07, 6.45) is 45.0. The van der Waals surface area contributed by atoms with E-state index >= 15 is 0 Å². The zero-order valence-corrected chi connectivity index (χ0v) is 32.9. The molecule has 0 atom stereocenters. The van der Waals surface area contributed by atoms with Gasteiger partial charge in [0.1, 0.15) is 0 Å². The van der Waals surface area contributed by atoms with Gasteiger partial charge in [0.2, 0.25) is 5.91 Å². The van der Waals surface area contributed by atoms with Gasteiger partial charge in [0, 0.05) is 20.1 Å². The predicted molar refractivity (Wildman–Crippen MR) is 208 cm³/mol. The quantitative estimate of drug-likeness (QED) is 0.0663. The van der Waals surface area contributed by atoms with Crippen LogP contribution < -0.4 is 5.32 Å². The van der Waals surface area contributed by atoms with Gasteiger partial charge in [-0.05, 0) is 19.3 Å². The summed E-state index contributed by atoms with van der Waals surface area (Å²) in [5.74, 6) is 0.00358. The average molecular weight is 666 g/mol. The standard InChI is InChI=1S/C43H87NO3/c1-5-8-10-12-14-16-18-20-22-24-26-28-30-32-34-36-38-46-40-43(7-3,44-42(4)45)41-47-39-37-35-33-31-29-27-25-23-21-19-17-15-13-11-9-6-2/h5-41H2,1-4H3,(H,44,45). The molecule has 0 aliphatic carbocycles. The van der Waals surface area contributed by atoms with Crippen molar-refractivity contribution in [3.05, 3.63) is 0 Å². The van der Waals surface area contributed by atoms with Gasteiger partial charge < -0.3 is 14.8 Å². The van der Waals surface area contributed by atoms with E-state index < -0.39 is 5.54 Å². The SMILES string of the molecule is CCCCCCCCCCCCCCCCCCOCC(CC)(COCCCCCCCCCCCCCCCCCC)NC(C)=O. The molecular weight excluding hydrogens is 578 g/mol. The van der Waals surface area contributed by atoms with E-state index in [-0.39, 0.29) is 5.91 Å². The van der Waals surface area contributed by atoms with Crippen LogP contribution in [-0.2, 0) is 14.3 Å². The maximum absolute atomic E-state index is 12.0. The molecule has 0 spiro atoms. The molecule has 0 aliphatic rings. The molecule has 0 heterocycles. The Kier molecular flexibility index (Phi) is 37.7. The van der Waals surface area contributed by atoms with Gasteiger partial charge in [-0.2, -0.15) is 0 Å². The summed E-state index contributed by atoms with van der Waals surface area (Å²) in [5, 5.41) is 3.17. The normalized spacial score (nSPS) is 11.8. The third-order valence-electron chi connectivity index (χ3n) is 10.2. The topological polar surface area (TPSA) is 47.6 Å². The van der Waals surface area contributed by atoms with Crippen molar-refractivity contribution in [2.45, 2.75) is 245 Å². The molecule has 0 saturated carbocycles. The van der Waals surface area contributed by atoms with Gasteiger partial charge in [0.05, 0.1) is 18.8 Å². The van der Waals surface area contributed by atoms with Crippen LogP contribution in [0.4, 0.5) is 0 Å². The second kappa shape index (κ2) is 38.2. The van der Waals surface area contributed by atoms with Gasteiger partial charge in [-0.3, -0.25) is 4.79 Å². The monoisotopic (exact) mass is 666 g/mol. The highest BCUT2D eigenvalue weighted by Crippen LogP contribution is 2.17. The minimum absolute atomic E-state index is 0.00358. The summed E-state index contributed by atoms with van der Waals surface area (Å²) in [6, 6.07) is 0. The lowest BCUT2D eigenvalue weighted by atomic mass is 9.98. The van der Waals surface area contributed by atoms with E-state index in [0.717, 1.165) is 32.5 Å². The van der Waals surface area contributed by atoms with Crippen LogP contribution in [0.5, 0.6) is 0 Å². The highest BCUT2D eigenvalue weighted by Gasteiger charge is 2.30. The highest BCUT2D eigenvalue weighted by atomic mass is 16.5. The fourth-order valence-corrected chi connectivity index (χ4v) is 6.82. The Morgan fingerprint density at radius 1 is 0.404 bits per heavy atom. The fraction of sp³-hybridized carbons (Fsp3) is 0.977. The summed E-state index contributed by atoms with van der Waals surface area (Å²) in [4.78, 5) is 12.0.